The molecule has 3 aromatic carbocycles. The second-order valence-electron chi connectivity index (χ2n) is 14.0. The SMILES string of the molecule is CC(C)(C)OC(=O)CCOCCOCCOCCOCCOCCOCCOCCOCCc1c(C(=O)O)cc(NC(=O)c2ccc(-c3ccccc3)cc2)cc1C(=O)O. The van der Waals surface area contributed by atoms with E-state index in [-0.39, 0.29) is 61.0 Å². The Balaban J connectivity index is 1.16. The van der Waals surface area contributed by atoms with Crippen LogP contribution in [0, 0.1) is 0 Å². The molecule has 0 radical (unpaired) electrons. The number of benzene rings is 3. The summed E-state index contributed by atoms with van der Waals surface area (Å²) in [5.41, 5.74) is 1.40. The molecule has 3 rings (SSSR count). The lowest BCUT2D eigenvalue weighted by Gasteiger charge is -2.19. The highest BCUT2D eigenvalue weighted by Crippen LogP contribution is 2.24. The van der Waals surface area contributed by atoms with Crippen molar-refractivity contribution in [1.82, 2.24) is 0 Å². The van der Waals surface area contributed by atoms with Crippen LogP contribution in [0.2, 0.25) is 0 Å². The summed E-state index contributed by atoms with van der Waals surface area (Å²) in [5.74, 6) is -3.45. The van der Waals surface area contributed by atoms with Crippen LogP contribution in [0.3, 0.4) is 0 Å². The van der Waals surface area contributed by atoms with Crippen molar-refractivity contribution in [1.29, 1.82) is 0 Å². The van der Waals surface area contributed by atoms with E-state index in [1.165, 1.54) is 12.1 Å². The molecule has 0 unspecified atom stereocenters. The predicted molar refractivity (Wildman–Crippen MR) is 221 cm³/mol. The van der Waals surface area contributed by atoms with Gasteiger partial charge in [0, 0.05) is 11.3 Å². The first-order valence-corrected chi connectivity index (χ1v) is 19.9. The number of carboxylic acids is 2. The van der Waals surface area contributed by atoms with E-state index in [1.54, 1.807) is 24.3 Å². The molecule has 0 bridgehead atoms. The highest BCUT2D eigenvalue weighted by molar-refractivity contribution is 6.06. The van der Waals surface area contributed by atoms with Crippen molar-refractivity contribution in [3.05, 3.63) is 89.0 Å². The second-order valence-corrected chi connectivity index (χ2v) is 14.0. The second kappa shape index (κ2) is 28.6. The highest BCUT2D eigenvalue weighted by atomic mass is 16.6. The summed E-state index contributed by atoms with van der Waals surface area (Å²) in [5, 5.41) is 22.4. The largest absolute Gasteiger partial charge is 0.478 e. The van der Waals surface area contributed by atoms with Crippen molar-refractivity contribution < 1.29 is 72.0 Å². The van der Waals surface area contributed by atoms with Crippen LogP contribution in [-0.2, 0) is 53.8 Å². The summed E-state index contributed by atoms with van der Waals surface area (Å²) >= 11 is 0. The zero-order valence-electron chi connectivity index (χ0n) is 34.8. The Bertz CT molecular complexity index is 1680. The van der Waals surface area contributed by atoms with E-state index in [9.17, 15) is 29.4 Å². The van der Waals surface area contributed by atoms with Crippen molar-refractivity contribution in [2.24, 2.45) is 0 Å². The number of rotatable bonds is 32. The molecular weight excluding hydrogens is 782 g/mol. The molecule has 0 aliphatic carbocycles. The predicted octanol–water partition coefficient (Wildman–Crippen LogP) is 5.41. The molecule has 3 aromatic rings. The molecule has 1 amide bonds. The number of ether oxygens (including phenoxy) is 9. The minimum Gasteiger partial charge on any atom is -0.478 e. The summed E-state index contributed by atoms with van der Waals surface area (Å²) in [7, 11) is 0. The standard InChI is InChI=1S/C44H59NO15/c1-44(2,3)60-40(46)14-16-53-18-20-55-22-24-57-26-28-59-30-29-58-27-25-56-23-21-54-19-17-52-15-13-37-38(42(48)49)31-36(32-39(37)43(50)51)45-41(47)35-11-9-34(10-12-35)33-7-5-4-6-8-33/h4-12,31-32H,13-30H2,1-3H3,(H,45,47)(H,48,49)(H,50,51). The number of aromatic carboxylic acids is 2. The van der Waals surface area contributed by atoms with Gasteiger partial charge in [-0.2, -0.15) is 0 Å². The van der Waals surface area contributed by atoms with Crippen LogP contribution in [0.15, 0.2) is 66.7 Å². The molecule has 60 heavy (non-hydrogen) atoms. The van der Waals surface area contributed by atoms with Crippen LogP contribution in [0.25, 0.3) is 11.1 Å². The van der Waals surface area contributed by atoms with Crippen LogP contribution >= 0.6 is 0 Å². The lowest BCUT2D eigenvalue weighted by atomic mass is 9.97. The Morgan fingerprint density at radius 1 is 0.517 bits per heavy atom. The minimum absolute atomic E-state index is 0.0229. The molecule has 330 valence electrons. The normalized spacial score (nSPS) is 11.4. The summed E-state index contributed by atoms with van der Waals surface area (Å²) in [6.45, 7) is 11.1. The molecular formula is C44H59NO15. The molecule has 16 heteroatoms. The van der Waals surface area contributed by atoms with Gasteiger partial charge in [-0.3, -0.25) is 9.59 Å². The van der Waals surface area contributed by atoms with Crippen molar-refractivity contribution in [2.75, 3.05) is 111 Å². The topological polar surface area (TPSA) is 204 Å². The number of hydrogen-bond donors (Lipinski definition) is 3. The molecule has 0 aromatic heterocycles. The maximum Gasteiger partial charge on any atom is 0.336 e. The molecule has 0 fully saturated rings. The van der Waals surface area contributed by atoms with Gasteiger partial charge in [-0.25, -0.2) is 9.59 Å². The number of carbonyl (C=O) groups is 4. The molecule has 0 spiro atoms. The van der Waals surface area contributed by atoms with Crippen LogP contribution in [-0.4, -0.2) is 145 Å². The van der Waals surface area contributed by atoms with Crippen molar-refractivity contribution in [3.8, 4) is 11.1 Å². The first kappa shape index (κ1) is 49.6. The summed E-state index contributed by atoms with van der Waals surface area (Å²) in [4.78, 5) is 48.8. The quantitative estimate of drug-likeness (QED) is 0.0531. The number of esters is 1. The first-order chi connectivity index (χ1) is 28.9. The molecule has 0 aliphatic rings. The maximum absolute atomic E-state index is 13.0. The molecule has 0 atom stereocenters. The molecule has 0 saturated heterocycles. The monoisotopic (exact) mass is 841 g/mol. The maximum atomic E-state index is 13.0. The Kier molecular flexibility index (Phi) is 23.7. The van der Waals surface area contributed by atoms with Gasteiger partial charge in [0.2, 0.25) is 0 Å². The average molecular weight is 842 g/mol. The highest BCUT2D eigenvalue weighted by Gasteiger charge is 2.21. The Morgan fingerprint density at radius 3 is 1.30 bits per heavy atom. The number of amides is 1. The number of nitrogens with one attached hydrogen (secondary N) is 1. The smallest absolute Gasteiger partial charge is 0.336 e. The third-order valence-electron chi connectivity index (χ3n) is 8.19. The molecule has 16 nitrogen and oxygen atoms in total. The van der Waals surface area contributed by atoms with Crippen LogP contribution < -0.4 is 5.32 Å². The number of carboxylic acid groups (broad SMARTS) is 2. The van der Waals surface area contributed by atoms with E-state index in [0.717, 1.165) is 11.1 Å². The van der Waals surface area contributed by atoms with Crippen LogP contribution in [0.4, 0.5) is 5.69 Å². The van der Waals surface area contributed by atoms with Gasteiger partial charge < -0.3 is 58.2 Å². The van der Waals surface area contributed by atoms with E-state index in [2.05, 4.69) is 5.32 Å². The summed E-state index contributed by atoms with van der Waals surface area (Å²) < 4.78 is 49.0. The van der Waals surface area contributed by atoms with Gasteiger partial charge in [-0.15, -0.1) is 0 Å². The fourth-order valence-electron chi connectivity index (χ4n) is 5.41. The van der Waals surface area contributed by atoms with Gasteiger partial charge in [-0.05, 0) is 68.1 Å². The average Bonchev–Trinajstić information content (AvgIpc) is 3.21. The van der Waals surface area contributed by atoms with E-state index in [1.807, 2.05) is 51.1 Å². The van der Waals surface area contributed by atoms with E-state index in [4.69, 9.17) is 42.6 Å². The summed E-state index contributed by atoms with van der Waals surface area (Å²) in [6.07, 6.45) is 0.229. The van der Waals surface area contributed by atoms with Crippen molar-refractivity contribution in [3.63, 3.8) is 0 Å². The Labute approximate surface area is 351 Å². The lowest BCUT2D eigenvalue weighted by molar-refractivity contribution is -0.156. The minimum atomic E-state index is -1.33. The van der Waals surface area contributed by atoms with Crippen LogP contribution in [0.5, 0.6) is 0 Å². The molecule has 0 heterocycles. The van der Waals surface area contributed by atoms with Gasteiger partial charge >= 0.3 is 17.9 Å². The van der Waals surface area contributed by atoms with Crippen LogP contribution in [0.1, 0.15) is 63.8 Å². The fraction of sp³-hybridized carbons (Fsp3) is 0.500. The van der Waals surface area contributed by atoms with E-state index in [0.29, 0.717) is 91.5 Å². The molecule has 0 saturated carbocycles. The Hall–Kier alpha value is -4.78. The lowest BCUT2D eigenvalue weighted by Crippen LogP contribution is -2.24. The third-order valence-corrected chi connectivity index (χ3v) is 8.19. The van der Waals surface area contributed by atoms with Gasteiger partial charge in [0.1, 0.15) is 5.60 Å². The number of carbonyl (C=O) groups excluding carboxylic acids is 2. The van der Waals surface area contributed by atoms with Gasteiger partial charge in [0.05, 0.1) is 123 Å². The van der Waals surface area contributed by atoms with E-state index < -0.39 is 23.4 Å². The fourth-order valence-corrected chi connectivity index (χ4v) is 5.41. The van der Waals surface area contributed by atoms with Gasteiger partial charge in [0.25, 0.3) is 5.91 Å². The number of hydrogen-bond acceptors (Lipinski definition) is 13. The zero-order valence-corrected chi connectivity index (χ0v) is 34.8. The molecule has 3 N–H and O–H groups in total. The first-order valence-electron chi connectivity index (χ1n) is 19.9. The van der Waals surface area contributed by atoms with Gasteiger partial charge in [0.15, 0.2) is 0 Å². The van der Waals surface area contributed by atoms with Crippen molar-refractivity contribution >= 4 is 29.5 Å². The summed E-state index contributed by atoms with van der Waals surface area (Å²) in [6, 6.07) is 19.0. The third kappa shape index (κ3) is 21.0. The van der Waals surface area contributed by atoms with E-state index >= 15 is 0 Å². The number of anilines is 1. The van der Waals surface area contributed by atoms with Gasteiger partial charge in [-0.1, -0.05) is 42.5 Å². The molecule has 0 aliphatic heterocycles. The Morgan fingerprint density at radius 2 is 0.900 bits per heavy atom. The van der Waals surface area contributed by atoms with Crippen molar-refractivity contribution in [2.45, 2.75) is 39.2 Å². The zero-order chi connectivity index (χ0) is 43.4.